The minimum atomic E-state index is -0.434. The average molecular weight is 333 g/mol. The van der Waals surface area contributed by atoms with Crippen LogP contribution in [0.4, 0.5) is 0 Å². The molecule has 132 valence electrons. The number of rotatable bonds is 3. The van der Waals surface area contributed by atoms with Crippen LogP contribution in [0.3, 0.4) is 0 Å². The first-order chi connectivity index (χ1) is 11.2. The molecule has 1 N–H and O–H groups in total. The number of ketones is 1. The highest BCUT2D eigenvalue weighted by Gasteiger charge is 2.39. The average Bonchev–Trinajstić information content (AvgIpc) is 3.01. The number of aliphatic hydroxyl groups is 1. The Bertz CT molecular complexity index is 671. The molecule has 5 nitrogen and oxygen atoms in total. The van der Waals surface area contributed by atoms with Gasteiger partial charge in [0, 0.05) is 31.0 Å². The van der Waals surface area contributed by atoms with Gasteiger partial charge < -0.3 is 14.4 Å². The van der Waals surface area contributed by atoms with Crippen LogP contribution in [0.25, 0.3) is 0 Å². The summed E-state index contributed by atoms with van der Waals surface area (Å²) in [5, 5.41) is 9.66. The van der Waals surface area contributed by atoms with Crippen molar-refractivity contribution in [1.82, 2.24) is 4.90 Å². The minimum absolute atomic E-state index is 0.0474. The SMILES string of the molecule is Cc1c(C(=O)N2CCCC2CC(C)O)oc2c1C(=O)CC(C)(C)C2. The lowest BCUT2D eigenvalue weighted by Crippen LogP contribution is -2.37. The van der Waals surface area contributed by atoms with Gasteiger partial charge in [-0.05, 0) is 38.5 Å². The van der Waals surface area contributed by atoms with Gasteiger partial charge in [-0.3, -0.25) is 9.59 Å². The van der Waals surface area contributed by atoms with E-state index in [9.17, 15) is 14.7 Å². The number of hydrogen-bond donors (Lipinski definition) is 1. The zero-order valence-corrected chi connectivity index (χ0v) is 15.0. The summed E-state index contributed by atoms with van der Waals surface area (Å²) in [6.45, 7) is 8.34. The Morgan fingerprint density at radius 2 is 2.12 bits per heavy atom. The van der Waals surface area contributed by atoms with Crippen molar-refractivity contribution >= 4 is 11.7 Å². The second-order valence-corrected chi connectivity index (χ2v) is 8.17. The summed E-state index contributed by atoms with van der Waals surface area (Å²) < 4.78 is 5.90. The first-order valence-corrected chi connectivity index (χ1v) is 8.84. The van der Waals surface area contributed by atoms with Gasteiger partial charge in [0.05, 0.1) is 11.7 Å². The monoisotopic (exact) mass is 333 g/mol. The third-order valence-corrected chi connectivity index (χ3v) is 5.22. The molecule has 0 spiro atoms. The normalized spacial score (nSPS) is 24.1. The molecule has 24 heavy (non-hydrogen) atoms. The van der Waals surface area contributed by atoms with E-state index >= 15 is 0 Å². The van der Waals surface area contributed by atoms with Crippen LogP contribution in [0.5, 0.6) is 0 Å². The summed E-state index contributed by atoms with van der Waals surface area (Å²) >= 11 is 0. The minimum Gasteiger partial charge on any atom is -0.455 e. The molecule has 3 rings (SSSR count). The highest BCUT2D eigenvalue weighted by atomic mass is 16.4. The number of carbonyl (C=O) groups is 2. The summed E-state index contributed by atoms with van der Waals surface area (Å²) in [5.41, 5.74) is 1.17. The van der Waals surface area contributed by atoms with Crippen LogP contribution in [0.1, 0.15) is 78.7 Å². The highest BCUT2D eigenvalue weighted by Crippen LogP contribution is 2.39. The number of carbonyl (C=O) groups excluding carboxylic acids is 2. The van der Waals surface area contributed by atoms with Crippen LogP contribution >= 0.6 is 0 Å². The zero-order chi connectivity index (χ0) is 17.6. The quantitative estimate of drug-likeness (QED) is 0.922. The molecule has 0 bridgehead atoms. The molecule has 2 unspecified atom stereocenters. The van der Waals surface area contributed by atoms with Crippen LogP contribution in [-0.4, -0.2) is 40.4 Å². The Labute approximate surface area is 143 Å². The molecule has 2 atom stereocenters. The second kappa shape index (κ2) is 6.03. The maximum atomic E-state index is 13.0. The van der Waals surface area contributed by atoms with Gasteiger partial charge in [0.25, 0.3) is 5.91 Å². The van der Waals surface area contributed by atoms with Gasteiger partial charge in [-0.2, -0.15) is 0 Å². The maximum absolute atomic E-state index is 13.0. The number of aliphatic hydroxyl groups excluding tert-OH is 1. The van der Waals surface area contributed by atoms with Gasteiger partial charge >= 0.3 is 0 Å². The van der Waals surface area contributed by atoms with Gasteiger partial charge in [0.15, 0.2) is 11.5 Å². The molecular formula is C19H27NO4. The fourth-order valence-corrected chi connectivity index (χ4v) is 4.16. The van der Waals surface area contributed by atoms with E-state index in [0.29, 0.717) is 48.5 Å². The predicted molar refractivity (Wildman–Crippen MR) is 90.2 cm³/mol. The molecule has 2 heterocycles. The zero-order valence-electron chi connectivity index (χ0n) is 15.0. The summed E-state index contributed by atoms with van der Waals surface area (Å²) in [6.07, 6.45) is 3.16. The van der Waals surface area contributed by atoms with E-state index in [-0.39, 0.29) is 23.1 Å². The van der Waals surface area contributed by atoms with Crippen LogP contribution in [-0.2, 0) is 6.42 Å². The molecule has 1 aliphatic heterocycles. The van der Waals surface area contributed by atoms with E-state index in [1.165, 1.54) is 0 Å². The molecule has 1 aromatic heterocycles. The van der Waals surface area contributed by atoms with Crippen molar-refractivity contribution in [3.05, 3.63) is 22.6 Å². The third kappa shape index (κ3) is 3.02. The molecule has 2 aliphatic rings. The lowest BCUT2D eigenvalue weighted by Gasteiger charge is -2.27. The lowest BCUT2D eigenvalue weighted by molar-refractivity contribution is 0.0645. The molecule has 1 fully saturated rings. The molecule has 0 radical (unpaired) electrons. The molecule has 5 heteroatoms. The highest BCUT2D eigenvalue weighted by molar-refractivity contribution is 6.03. The summed E-state index contributed by atoms with van der Waals surface area (Å²) in [4.78, 5) is 27.3. The Morgan fingerprint density at radius 3 is 2.79 bits per heavy atom. The van der Waals surface area contributed by atoms with E-state index in [0.717, 1.165) is 12.8 Å². The van der Waals surface area contributed by atoms with E-state index in [1.54, 1.807) is 11.8 Å². The van der Waals surface area contributed by atoms with Crippen molar-refractivity contribution in [3.8, 4) is 0 Å². The molecule has 0 saturated carbocycles. The van der Waals surface area contributed by atoms with Crippen molar-refractivity contribution in [2.24, 2.45) is 5.41 Å². The topological polar surface area (TPSA) is 70.8 Å². The van der Waals surface area contributed by atoms with Crippen molar-refractivity contribution in [2.75, 3.05) is 6.54 Å². The van der Waals surface area contributed by atoms with Crippen LogP contribution in [0, 0.1) is 12.3 Å². The van der Waals surface area contributed by atoms with Gasteiger partial charge in [-0.1, -0.05) is 13.8 Å². The number of hydrogen-bond acceptors (Lipinski definition) is 4. The van der Waals surface area contributed by atoms with E-state index in [1.807, 2.05) is 20.8 Å². The van der Waals surface area contributed by atoms with Gasteiger partial charge in [-0.25, -0.2) is 0 Å². The largest absolute Gasteiger partial charge is 0.455 e. The summed E-state index contributed by atoms with van der Waals surface area (Å²) in [6, 6.07) is 0.0474. The van der Waals surface area contributed by atoms with E-state index in [4.69, 9.17) is 4.42 Å². The van der Waals surface area contributed by atoms with Crippen molar-refractivity contribution in [1.29, 1.82) is 0 Å². The number of nitrogens with zero attached hydrogens (tertiary/aromatic N) is 1. The summed E-state index contributed by atoms with van der Waals surface area (Å²) in [7, 11) is 0. The smallest absolute Gasteiger partial charge is 0.290 e. The Balaban J connectivity index is 1.91. The molecule has 1 aliphatic carbocycles. The van der Waals surface area contributed by atoms with E-state index < -0.39 is 6.10 Å². The fraction of sp³-hybridized carbons (Fsp3) is 0.684. The molecule has 1 aromatic rings. The maximum Gasteiger partial charge on any atom is 0.290 e. The van der Waals surface area contributed by atoms with Crippen molar-refractivity contribution < 1.29 is 19.1 Å². The standard InChI is InChI=1S/C19H27NO4/c1-11(21)8-13-6-5-7-20(13)18(23)17-12(2)16-14(22)9-19(3,4)10-15(16)24-17/h11,13,21H,5-10H2,1-4H3. The van der Waals surface area contributed by atoms with Crippen LogP contribution < -0.4 is 0 Å². The van der Waals surface area contributed by atoms with E-state index in [2.05, 4.69) is 0 Å². The summed E-state index contributed by atoms with van der Waals surface area (Å²) in [5.74, 6) is 0.895. The van der Waals surface area contributed by atoms with Crippen molar-refractivity contribution in [2.45, 2.75) is 71.9 Å². The van der Waals surface area contributed by atoms with Gasteiger partial charge in [0.2, 0.25) is 0 Å². The van der Waals surface area contributed by atoms with Gasteiger partial charge in [-0.15, -0.1) is 0 Å². The number of fused-ring (bicyclic) bond motifs is 1. The number of amides is 1. The molecular weight excluding hydrogens is 306 g/mol. The first-order valence-electron chi connectivity index (χ1n) is 8.84. The third-order valence-electron chi connectivity index (χ3n) is 5.22. The first kappa shape index (κ1) is 17.2. The number of likely N-dealkylation sites (tertiary alicyclic amines) is 1. The van der Waals surface area contributed by atoms with Crippen molar-refractivity contribution in [3.63, 3.8) is 0 Å². The lowest BCUT2D eigenvalue weighted by atomic mass is 9.76. The van der Waals surface area contributed by atoms with Crippen LogP contribution in [0.2, 0.25) is 0 Å². The molecule has 1 amide bonds. The van der Waals surface area contributed by atoms with Crippen LogP contribution in [0.15, 0.2) is 4.42 Å². The Morgan fingerprint density at radius 1 is 1.42 bits per heavy atom. The number of Topliss-reactive ketones (excluding diaryl/α,β-unsaturated/α-hetero) is 1. The second-order valence-electron chi connectivity index (χ2n) is 8.17. The Kier molecular flexibility index (Phi) is 4.32. The number of furan rings is 1. The molecule has 0 aromatic carbocycles. The fourth-order valence-electron chi connectivity index (χ4n) is 4.16. The van der Waals surface area contributed by atoms with Gasteiger partial charge in [0.1, 0.15) is 5.76 Å². The molecule has 1 saturated heterocycles. The predicted octanol–water partition coefficient (Wildman–Crippen LogP) is 3.12. The Hall–Kier alpha value is -1.62.